The van der Waals surface area contributed by atoms with Crippen molar-refractivity contribution in [2.45, 2.75) is 19.4 Å². The number of nitrogens with one attached hydrogen (secondary N) is 1. The smallest absolute Gasteiger partial charge is 0.332 e. The zero-order valence-electron chi connectivity index (χ0n) is 9.84. The van der Waals surface area contributed by atoms with Crippen molar-refractivity contribution < 1.29 is 9.53 Å². The molecule has 1 aliphatic heterocycles. The Morgan fingerprint density at radius 3 is 2.89 bits per heavy atom. The number of carbonyl (C=O) groups is 1. The van der Waals surface area contributed by atoms with Crippen LogP contribution in [0.25, 0.3) is 16.7 Å². The van der Waals surface area contributed by atoms with Crippen LogP contribution in [0.3, 0.4) is 0 Å². The van der Waals surface area contributed by atoms with Crippen LogP contribution in [0.5, 0.6) is 0 Å². The molecular weight excluding hydrogens is 232 g/mol. The van der Waals surface area contributed by atoms with Gasteiger partial charge in [0.1, 0.15) is 6.10 Å². The summed E-state index contributed by atoms with van der Waals surface area (Å²) in [6.07, 6.45) is 1.70. The molecule has 0 amide bonds. The number of hydrogen-bond acceptors (Lipinski definition) is 3. The number of hydrogen-bond donors (Lipinski definition) is 1. The van der Waals surface area contributed by atoms with Crippen molar-refractivity contribution in [2.24, 2.45) is 0 Å². The Morgan fingerprint density at radius 1 is 1.33 bits per heavy atom. The van der Waals surface area contributed by atoms with Gasteiger partial charge in [-0.25, -0.2) is 9.59 Å². The van der Waals surface area contributed by atoms with Crippen LogP contribution in [0.4, 0.5) is 0 Å². The Morgan fingerprint density at radius 2 is 2.11 bits per heavy atom. The third-order valence-electron chi connectivity index (χ3n) is 2.98. The molecule has 5 nitrogen and oxygen atoms in total. The number of fused-ring (bicyclic) bond motifs is 1. The molecule has 0 fully saturated rings. The topological polar surface area (TPSA) is 64.1 Å². The lowest BCUT2D eigenvalue weighted by atomic mass is 10.1. The SMILES string of the molecule is CC1CC(n2c(=O)[nH]c3ccccc32)=CC(=O)O1. The number of imidazole rings is 1. The average Bonchev–Trinajstić information content (AvgIpc) is 2.63. The number of cyclic esters (lactones) is 1. The van der Waals surface area contributed by atoms with E-state index in [-0.39, 0.29) is 11.8 Å². The number of benzene rings is 1. The fourth-order valence-corrected chi connectivity index (χ4v) is 2.26. The molecule has 1 aliphatic rings. The first-order chi connectivity index (χ1) is 8.65. The Labute approximate surface area is 103 Å². The van der Waals surface area contributed by atoms with Gasteiger partial charge in [0, 0.05) is 18.2 Å². The number of carbonyl (C=O) groups excluding carboxylic acids is 1. The maximum Gasteiger partial charge on any atom is 0.332 e. The first kappa shape index (κ1) is 10.8. The fourth-order valence-electron chi connectivity index (χ4n) is 2.26. The summed E-state index contributed by atoms with van der Waals surface area (Å²) < 4.78 is 6.56. The molecule has 2 heterocycles. The quantitative estimate of drug-likeness (QED) is 0.773. The zero-order chi connectivity index (χ0) is 12.7. The highest BCUT2D eigenvalue weighted by atomic mass is 16.5. The number of nitrogens with zero attached hydrogens (tertiary/aromatic N) is 1. The second kappa shape index (κ2) is 3.87. The summed E-state index contributed by atoms with van der Waals surface area (Å²) >= 11 is 0. The van der Waals surface area contributed by atoms with Gasteiger partial charge in [0.2, 0.25) is 0 Å². The van der Waals surface area contributed by atoms with Crippen molar-refractivity contribution >= 4 is 22.7 Å². The van der Waals surface area contributed by atoms with Gasteiger partial charge in [-0.3, -0.25) is 4.57 Å². The van der Waals surface area contributed by atoms with Crippen LogP contribution >= 0.6 is 0 Å². The lowest BCUT2D eigenvalue weighted by Crippen LogP contribution is -2.25. The van der Waals surface area contributed by atoms with Gasteiger partial charge in [-0.2, -0.15) is 0 Å². The number of aromatic amines is 1. The summed E-state index contributed by atoms with van der Waals surface area (Å²) in [6, 6.07) is 7.39. The Balaban J connectivity index is 2.23. The summed E-state index contributed by atoms with van der Waals surface area (Å²) in [5.41, 5.74) is 1.97. The molecule has 1 N–H and O–H groups in total. The molecule has 0 bridgehead atoms. The van der Waals surface area contributed by atoms with Gasteiger partial charge in [0.05, 0.1) is 11.0 Å². The maximum absolute atomic E-state index is 12.0. The number of rotatable bonds is 1. The summed E-state index contributed by atoms with van der Waals surface area (Å²) in [5.74, 6) is -0.402. The van der Waals surface area contributed by atoms with E-state index in [9.17, 15) is 9.59 Å². The van der Waals surface area contributed by atoms with Crippen LogP contribution in [0.2, 0.25) is 0 Å². The van der Waals surface area contributed by atoms with Crippen molar-refractivity contribution in [3.63, 3.8) is 0 Å². The molecular formula is C13H12N2O3. The molecule has 0 spiro atoms. The number of para-hydroxylation sites is 2. The lowest BCUT2D eigenvalue weighted by Gasteiger charge is -2.20. The van der Waals surface area contributed by atoms with Gasteiger partial charge >= 0.3 is 11.7 Å². The van der Waals surface area contributed by atoms with E-state index in [1.54, 1.807) is 0 Å². The van der Waals surface area contributed by atoms with Crippen LogP contribution in [0.15, 0.2) is 35.1 Å². The maximum atomic E-state index is 12.0. The summed E-state index contributed by atoms with van der Waals surface area (Å²) in [7, 11) is 0. The number of aromatic nitrogens is 2. The third-order valence-corrected chi connectivity index (χ3v) is 2.98. The second-order valence-corrected chi connectivity index (χ2v) is 4.37. The highest BCUT2D eigenvalue weighted by molar-refractivity contribution is 5.91. The molecule has 1 aromatic carbocycles. The van der Waals surface area contributed by atoms with Crippen molar-refractivity contribution in [2.75, 3.05) is 0 Å². The standard InChI is InChI=1S/C13H12N2O3/c1-8-6-9(7-12(16)18-8)15-11-5-3-2-4-10(11)14-13(15)17/h2-5,7-8H,6H2,1H3,(H,14,17). The molecule has 0 aliphatic carbocycles. The molecule has 1 unspecified atom stereocenters. The molecule has 18 heavy (non-hydrogen) atoms. The second-order valence-electron chi connectivity index (χ2n) is 4.37. The van der Waals surface area contributed by atoms with Crippen LogP contribution < -0.4 is 5.69 Å². The fraction of sp³-hybridized carbons (Fsp3) is 0.231. The Bertz CT molecular complexity index is 708. The van der Waals surface area contributed by atoms with Crippen LogP contribution in [0.1, 0.15) is 13.3 Å². The predicted octanol–water partition coefficient (Wildman–Crippen LogP) is 1.51. The zero-order valence-corrected chi connectivity index (χ0v) is 9.84. The molecule has 0 saturated carbocycles. The van der Waals surface area contributed by atoms with E-state index in [1.165, 1.54) is 10.6 Å². The molecule has 92 valence electrons. The molecule has 0 radical (unpaired) electrons. The lowest BCUT2D eigenvalue weighted by molar-refractivity contribution is -0.142. The minimum atomic E-state index is -0.402. The van der Waals surface area contributed by atoms with E-state index in [1.807, 2.05) is 31.2 Å². The molecule has 1 aromatic heterocycles. The van der Waals surface area contributed by atoms with Gasteiger partial charge in [-0.1, -0.05) is 12.1 Å². The number of H-pyrrole nitrogens is 1. The Hall–Kier alpha value is -2.30. The first-order valence-corrected chi connectivity index (χ1v) is 5.76. The monoisotopic (exact) mass is 244 g/mol. The van der Waals surface area contributed by atoms with Crippen LogP contribution in [-0.2, 0) is 9.53 Å². The molecule has 5 heteroatoms. The summed E-state index contributed by atoms with van der Waals surface area (Å²) in [4.78, 5) is 26.1. The van der Waals surface area contributed by atoms with Gasteiger partial charge in [0.25, 0.3) is 0 Å². The molecule has 0 saturated heterocycles. The van der Waals surface area contributed by atoms with Gasteiger partial charge in [-0.15, -0.1) is 0 Å². The largest absolute Gasteiger partial charge is 0.459 e. The summed E-state index contributed by atoms with van der Waals surface area (Å²) in [5, 5.41) is 0. The van der Waals surface area contributed by atoms with Gasteiger partial charge in [0.15, 0.2) is 0 Å². The van der Waals surface area contributed by atoms with Gasteiger partial charge in [-0.05, 0) is 19.1 Å². The van der Waals surface area contributed by atoms with Crippen molar-refractivity contribution in [1.82, 2.24) is 9.55 Å². The van der Waals surface area contributed by atoms with Crippen LogP contribution in [0, 0.1) is 0 Å². The minimum absolute atomic E-state index is 0.210. The predicted molar refractivity (Wildman–Crippen MR) is 67.0 cm³/mol. The van der Waals surface area contributed by atoms with Crippen molar-refractivity contribution in [3.8, 4) is 0 Å². The van der Waals surface area contributed by atoms with Gasteiger partial charge < -0.3 is 9.72 Å². The van der Waals surface area contributed by atoms with E-state index in [2.05, 4.69) is 4.98 Å². The first-order valence-electron chi connectivity index (χ1n) is 5.76. The van der Waals surface area contributed by atoms with E-state index >= 15 is 0 Å². The average molecular weight is 244 g/mol. The van der Waals surface area contributed by atoms with E-state index in [0.717, 1.165) is 11.0 Å². The van der Waals surface area contributed by atoms with E-state index in [0.29, 0.717) is 12.1 Å². The highest BCUT2D eigenvalue weighted by Crippen LogP contribution is 2.22. The third kappa shape index (κ3) is 1.64. The minimum Gasteiger partial charge on any atom is -0.459 e. The molecule has 1 atom stereocenters. The number of ether oxygens (including phenoxy) is 1. The molecule has 2 aromatic rings. The van der Waals surface area contributed by atoms with E-state index < -0.39 is 5.97 Å². The van der Waals surface area contributed by atoms with Crippen molar-refractivity contribution in [1.29, 1.82) is 0 Å². The number of esters is 1. The normalized spacial score (nSPS) is 19.7. The Kier molecular flexibility index (Phi) is 2.33. The highest BCUT2D eigenvalue weighted by Gasteiger charge is 2.21. The van der Waals surface area contributed by atoms with Crippen LogP contribution in [-0.4, -0.2) is 21.6 Å². The molecule has 3 rings (SSSR count). The van der Waals surface area contributed by atoms with E-state index in [4.69, 9.17) is 4.74 Å². The summed E-state index contributed by atoms with van der Waals surface area (Å²) in [6.45, 7) is 1.81. The van der Waals surface area contributed by atoms with Crippen molar-refractivity contribution in [3.05, 3.63) is 40.8 Å².